The highest BCUT2D eigenvalue weighted by Crippen LogP contribution is 2.36. The molecule has 0 spiro atoms. The van der Waals surface area contributed by atoms with E-state index in [4.69, 9.17) is 14.3 Å². The van der Waals surface area contributed by atoms with E-state index in [1.807, 2.05) is 11.9 Å². The number of amides is 1. The molecule has 0 bridgehead atoms. The van der Waals surface area contributed by atoms with Gasteiger partial charge in [0.1, 0.15) is 5.82 Å². The lowest BCUT2D eigenvalue weighted by Crippen LogP contribution is -2.21. The molecule has 0 aliphatic carbocycles. The van der Waals surface area contributed by atoms with Crippen LogP contribution in [0.5, 0.6) is 0 Å². The van der Waals surface area contributed by atoms with Gasteiger partial charge in [0.2, 0.25) is 23.3 Å². The number of aromatic nitrogens is 3. The highest BCUT2D eigenvalue weighted by atomic mass is 19.4. The highest BCUT2D eigenvalue weighted by Gasteiger charge is 2.43. The number of hydrogen-bond donors (Lipinski definition) is 2. The van der Waals surface area contributed by atoms with Crippen molar-refractivity contribution in [2.24, 2.45) is 0 Å². The molecule has 2 aromatic carbocycles. The molecule has 11 nitrogen and oxygen atoms in total. The van der Waals surface area contributed by atoms with Gasteiger partial charge >= 0.3 is 18.3 Å². The van der Waals surface area contributed by atoms with Crippen LogP contribution in [0.3, 0.4) is 0 Å². The van der Waals surface area contributed by atoms with E-state index in [1.165, 1.54) is 18.3 Å². The van der Waals surface area contributed by atoms with Crippen LogP contribution in [0, 0.1) is 0 Å². The van der Waals surface area contributed by atoms with E-state index in [2.05, 4.69) is 24.7 Å². The summed E-state index contributed by atoms with van der Waals surface area (Å²) in [5.74, 6) is -5.89. The average Bonchev–Trinajstić information content (AvgIpc) is 3.73. The Morgan fingerprint density at radius 1 is 0.816 bits per heavy atom. The van der Waals surface area contributed by atoms with Crippen molar-refractivity contribution >= 4 is 23.4 Å². The third kappa shape index (κ3) is 9.44. The third-order valence-electron chi connectivity index (χ3n) is 6.47. The molecule has 0 fully saturated rings. The van der Waals surface area contributed by atoms with E-state index >= 15 is 0 Å². The van der Waals surface area contributed by atoms with Gasteiger partial charge in [-0.2, -0.15) is 26.3 Å². The molecular formula is C32H27F6N5O6. The zero-order chi connectivity index (χ0) is 35.8. The molecule has 2 N–H and O–H groups in total. The van der Waals surface area contributed by atoms with Crippen LogP contribution in [0.1, 0.15) is 38.9 Å². The van der Waals surface area contributed by atoms with Crippen LogP contribution in [0.25, 0.3) is 22.9 Å². The standard InChI is InChI=1S/C21H21F3N4O3.C11H6F3NO3/c1-28(11-6-12-30-2)16-10-9-15(13-25-16)26-19(29)17-18(21(22,23)24)31-20(27-17)14-7-4-3-5-8-14;12-11(13,14)8-7(10(16)17)15-9(18-8)6-4-2-1-3-5-6/h3-5,7-10,13H,6,11-12H2,1-2H3,(H,26,29);1-5H,(H,16,17). The Balaban J connectivity index is 0.000000254. The third-order valence-corrected chi connectivity index (χ3v) is 6.47. The number of hydrogen-bond acceptors (Lipinski definition) is 9. The molecule has 0 radical (unpaired) electrons. The molecule has 5 rings (SSSR count). The first-order valence-corrected chi connectivity index (χ1v) is 14.2. The number of carbonyl (C=O) groups is 2. The second-order valence-corrected chi connectivity index (χ2v) is 10.1. The van der Waals surface area contributed by atoms with Crippen molar-refractivity contribution in [3.05, 3.63) is 102 Å². The fraction of sp³-hybridized carbons (Fsp3) is 0.219. The number of rotatable bonds is 10. The first kappa shape index (κ1) is 36.1. The number of alkyl halides is 6. The zero-order valence-electron chi connectivity index (χ0n) is 25.7. The molecule has 5 aromatic rings. The van der Waals surface area contributed by atoms with Gasteiger partial charge in [0, 0.05) is 38.4 Å². The number of aromatic carboxylic acids is 1. The predicted octanol–water partition coefficient (Wildman–Crippen LogP) is 7.54. The van der Waals surface area contributed by atoms with Crippen LogP contribution in [-0.2, 0) is 17.1 Å². The summed E-state index contributed by atoms with van der Waals surface area (Å²) >= 11 is 0. The summed E-state index contributed by atoms with van der Waals surface area (Å²) in [6.45, 7) is 1.32. The van der Waals surface area contributed by atoms with Gasteiger partial charge in [0.15, 0.2) is 11.4 Å². The average molecular weight is 692 g/mol. The number of pyridine rings is 1. The molecule has 0 saturated carbocycles. The van der Waals surface area contributed by atoms with Crippen molar-refractivity contribution in [1.82, 2.24) is 15.0 Å². The number of ether oxygens (including phenoxy) is 1. The maximum atomic E-state index is 13.4. The summed E-state index contributed by atoms with van der Waals surface area (Å²) in [7, 11) is 3.48. The molecule has 1 amide bonds. The summed E-state index contributed by atoms with van der Waals surface area (Å²) in [5.41, 5.74) is -1.14. The Bertz CT molecular complexity index is 1840. The smallest absolute Gasteiger partial charge is 0.452 e. The maximum Gasteiger partial charge on any atom is 0.452 e. The second-order valence-electron chi connectivity index (χ2n) is 10.1. The molecule has 0 aliphatic heterocycles. The minimum Gasteiger partial charge on any atom is -0.476 e. The maximum absolute atomic E-state index is 13.4. The molecule has 3 aromatic heterocycles. The van der Waals surface area contributed by atoms with E-state index in [1.54, 1.807) is 67.8 Å². The lowest BCUT2D eigenvalue weighted by molar-refractivity contribution is -0.153. The normalized spacial score (nSPS) is 11.4. The van der Waals surface area contributed by atoms with Crippen molar-refractivity contribution in [2.45, 2.75) is 18.8 Å². The van der Waals surface area contributed by atoms with Crippen LogP contribution in [0.15, 0.2) is 87.8 Å². The van der Waals surface area contributed by atoms with Gasteiger partial charge in [0.25, 0.3) is 5.91 Å². The molecule has 49 heavy (non-hydrogen) atoms. The fourth-order valence-corrected chi connectivity index (χ4v) is 4.17. The number of benzene rings is 2. The van der Waals surface area contributed by atoms with E-state index in [9.17, 15) is 35.9 Å². The number of oxazole rings is 2. The Hall–Kier alpha value is -5.71. The van der Waals surface area contributed by atoms with Crippen molar-refractivity contribution in [3.8, 4) is 22.9 Å². The van der Waals surface area contributed by atoms with Crippen LogP contribution in [0.2, 0.25) is 0 Å². The lowest BCUT2D eigenvalue weighted by atomic mass is 10.2. The summed E-state index contributed by atoms with van der Waals surface area (Å²) < 4.78 is 92.2. The predicted molar refractivity (Wildman–Crippen MR) is 163 cm³/mol. The Morgan fingerprint density at radius 3 is 1.76 bits per heavy atom. The van der Waals surface area contributed by atoms with Crippen LogP contribution in [0.4, 0.5) is 37.8 Å². The minimum absolute atomic E-state index is 0.233. The molecule has 0 unspecified atom stereocenters. The molecule has 17 heteroatoms. The van der Waals surface area contributed by atoms with Gasteiger partial charge in [-0.1, -0.05) is 36.4 Å². The fourth-order valence-electron chi connectivity index (χ4n) is 4.17. The number of carboxylic acids is 1. The van der Waals surface area contributed by atoms with Gasteiger partial charge in [-0.05, 0) is 42.8 Å². The Labute approximate surface area is 274 Å². The van der Waals surface area contributed by atoms with Gasteiger partial charge in [-0.3, -0.25) is 4.79 Å². The SMILES string of the molecule is COCCCN(C)c1ccc(NC(=O)c2nc(-c3ccccc3)oc2C(F)(F)F)cn1.O=C(O)c1nc(-c2ccccc2)oc1C(F)(F)F. The molecular weight excluding hydrogens is 664 g/mol. The number of methoxy groups -OCH3 is 1. The highest BCUT2D eigenvalue weighted by molar-refractivity contribution is 6.04. The Kier molecular flexibility index (Phi) is 11.4. The second kappa shape index (κ2) is 15.5. The van der Waals surface area contributed by atoms with Crippen molar-refractivity contribution in [1.29, 1.82) is 0 Å². The molecule has 0 saturated heterocycles. The van der Waals surface area contributed by atoms with Crippen LogP contribution < -0.4 is 10.2 Å². The molecule has 3 heterocycles. The first-order valence-electron chi connectivity index (χ1n) is 14.2. The van der Waals surface area contributed by atoms with Gasteiger partial charge < -0.3 is 28.9 Å². The van der Waals surface area contributed by atoms with E-state index in [0.717, 1.165) is 6.42 Å². The van der Waals surface area contributed by atoms with Crippen molar-refractivity contribution < 1.29 is 54.6 Å². The lowest BCUT2D eigenvalue weighted by Gasteiger charge is -2.18. The van der Waals surface area contributed by atoms with Crippen molar-refractivity contribution in [2.75, 3.05) is 37.5 Å². The summed E-state index contributed by atoms with van der Waals surface area (Å²) in [6, 6.07) is 19.0. The zero-order valence-corrected chi connectivity index (χ0v) is 25.7. The quantitative estimate of drug-likeness (QED) is 0.111. The van der Waals surface area contributed by atoms with Crippen LogP contribution in [-0.4, -0.2) is 59.2 Å². The monoisotopic (exact) mass is 691 g/mol. The van der Waals surface area contributed by atoms with E-state index in [-0.39, 0.29) is 23.0 Å². The summed E-state index contributed by atoms with van der Waals surface area (Å²) in [4.78, 5) is 36.5. The molecule has 0 atom stereocenters. The van der Waals surface area contributed by atoms with Gasteiger partial charge in [-0.25, -0.2) is 19.7 Å². The number of nitrogens with zero attached hydrogens (tertiary/aromatic N) is 4. The number of carboxylic acid groups (broad SMARTS) is 1. The van der Waals surface area contributed by atoms with Crippen molar-refractivity contribution in [3.63, 3.8) is 0 Å². The summed E-state index contributed by atoms with van der Waals surface area (Å²) in [6.07, 6.45) is -7.59. The number of nitrogens with one attached hydrogen (secondary N) is 1. The topological polar surface area (TPSA) is 144 Å². The first-order chi connectivity index (χ1) is 23.2. The van der Waals surface area contributed by atoms with E-state index < -0.39 is 47.1 Å². The Morgan fingerprint density at radius 2 is 1.33 bits per heavy atom. The van der Waals surface area contributed by atoms with Gasteiger partial charge in [-0.15, -0.1) is 0 Å². The van der Waals surface area contributed by atoms with Crippen LogP contribution >= 0.6 is 0 Å². The molecule has 258 valence electrons. The molecule has 0 aliphatic rings. The number of halogens is 6. The minimum atomic E-state index is -4.90. The number of carbonyl (C=O) groups excluding carboxylic acids is 1. The van der Waals surface area contributed by atoms with Gasteiger partial charge in [0.05, 0.1) is 11.9 Å². The number of anilines is 2. The summed E-state index contributed by atoms with van der Waals surface area (Å²) in [5, 5.41) is 11.1. The largest absolute Gasteiger partial charge is 0.476 e. The van der Waals surface area contributed by atoms with E-state index in [0.29, 0.717) is 24.5 Å².